The highest BCUT2D eigenvalue weighted by Crippen LogP contribution is 2.17. The first kappa shape index (κ1) is 12.8. The molecule has 5 heteroatoms. The maximum atomic E-state index is 12.1. The van der Waals surface area contributed by atoms with Crippen LogP contribution in [0.1, 0.15) is 23.7 Å². The lowest BCUT2D eigenvalue weighted by molar-refractivity contribution is 0.0884. The van der Waals surface area contributed by atoms with Crippen LogP contribution in [0.15, 0.2) is 18.5 Å². The van der Waals surface area contributed by atoms with E-state index in [4.69, 9.17) is 5.73 Å². The second-order valence-corrected chi connectivity index (χ2v) is 5.07. The molecule has 5 nitrogen and oxygen atoms in total. The molecule has 1 aromatic rings. The predicted octanol–water partition coefficient (Wildman–Crippen LogP) is 0.734. The van der Waals surface area contributed by atoms with E-state index in [0.717, 1.165) is 19.5 Å². The van der Waals surface area contributed by atoms with Gasteiger partial charge in [0, 0.05) is 18.8 Å². The van der Waals surface area contributed by atoms with Gasteiger partial charge >= 0.3 is 0 Å². The number of carbonyl (C=O) groups excluding carboxylic acids is 1. The third-order valence-corrected chi connectivity index (χ3v) is 3.52. The largest absolute Gasteiger partial charge is 0.397 e. The highest BCUT2D eigenvalue weighted by atomic mass is 16.1. The van der Waals surface area contributed by atoms with Crippen LogP contribution in [-0.2, 0) is 0 Å². The molecular formula is C13H20N4O. The number of hydrogen-bond acceptors (Lipinski definition) is 4. The highest BCUT2D eigenvalue weighted by Gasteiger charge is 2.26. The number of aromatic nitrogens is 1. The van der Waals surface area contributed by atoms with Crippen LogP contribution in [0.5, 0.6) is 0 Å². The Balaban J connectivity index is 2.02. The minimum Gasteiger partial charge on any atom is -0.397 e. The third kappa shape index (κ3) is 2.79. The minimum atomic E-state index is -0.101. The van der Waals surface area contributed by atoms with Crippen molar-refractivity contribution in [1.82, 2.24) is 15.2 Å². The SMILES string of the molecule is CC1CN(C)CCC1NC(=O)c1ccncc1N. The molecule has 0 spiro atoms. The average Bonchev–Trinajstić information content (AvgIpc) is 2.33. The third-order valence-electron chi connectivity index (χ3n) is 3.52. The molecular weight excluding hydrogens is 228 g/mol. The van der Waals surface area contributed by atoms with E-state index >= 15 is 0 Å². The molecule has 1 aromatic heterocycles. The number of pyridine rings is 1. The van der Waals surface area contributed by atoms with E-state index in [-0.39, 0.29) is 11.9 Å². The van der Waals surface area contributed by atoms with Gasteiger partial charge in [-0.05, 0) is 32.0 Å². The van der Waals surface area contributed by atoms with Crippen molar-refractivity contribution in [3.8, 4) is 0 Å². The lowest BCUT2D eigenvalue weighted by Crippen LogP contribution is -2.48. The smallest absolute Gasteiger partial charge is 0.253 e. The molecule has 1 fully saturated rings. The van der Waals surface area contributed by atoms with Crippen molar-refractivity contribution < 1.29 is 4.79 Å². The van der Waals surface area contributed by atoms with Gasteiger partial charge in [0.1, 0.15) is 0 Å². The lowest BCUT2D eigenvalue weighted by atomic mass is 9.94. The highest BCUT2D eigenvalue weighted by molar-refractivity contribution is 5.99. The van der Waals surface area contributed by atoms with Crippen LogP contribution in [0.3, 0.4) is 0 Å². The maximum Gasteiger partial charge on any atom is 0.253 e. The lowest BCUT2D eigenvalue weighted by Gasteiger charge is -2.35. The van der Waals surface area contributed by atoms with Crippen molar-refractivity contribution >= 4 is 11.6 Å². The summed E-state index contributed by atoms with van der Waals surface area (Å²) in [6.07, 6.45) is 4.07. The van der Waals surface area contributed by atoms with Crippen LogP contribution in [0.2, 0.25) is 0 Å². The summed E-state index contributed by atoms with van der Waals surface area (Å²) in [7, 11) is 2.11. The molecule has 0 radical (unpaired) electrons. The number of anilines is 1. The molecule has 1 saturated heterocycles. The molecule has 0 saturated carbocycles. The number of hydrogen-bond donors (Lipinski definition) is 2. The molecule has 0 aliphatic carbocycles. The summed E-state index contributed by atoms with van der Waals surface area (Å²) in [5, 5.41) is 3.07. The summed E-state index contributed by atoms with van der Waals surface area (Å²) in [6, 6.07) is 1.88. The molecule has 2 unspecified atom stereocenters. The summed E-state index contributed by atoms with van der Waals surface area (Å²) < 4.78 is 0. The summed E-state index contributed by atoms with van der Waals surface area (Å²) in [6.45, 7) is 4.19. The predicted molar refractivity (Wildman–Crippen MR) is 71.2 cm³/mol. The zero-order chi connectivity index (χ0) is 13.1. The fourth-order valence-electron chi connectivity index (χ4n) is 2.43. The Kier molecular flexibility index (Phi) is 3.81. The van der Waals surface area contributed by atoms with E-state index in [0.29, 0.717) is 17.2 Å². The Morgan fingerprint density at radius 2 is 2.39 bits per heavy atom. The zero-order valence-electron chi connectivity index (χ0n) is 10.9. The first-order valence-corrected chi connectivity index (χ1v) is 6.27. The molecule has 18 heavy (non-hydrogen) atoms. The molecule has 1 aliphatic rings. The van der Waals surface area contributed by atoms with Gasteiger partial charge in [-0.2, -0.15) is 0 Å². The molecule has 2 rings (SSSR count). The Morgan fingerprint density at radius 3 is 3.06 bits per heavy atom. The van der Waals surface area contributed by atoms with Crippen LogP contribution >= 0.6 is 0 Å². The summed E-state index contributed by atoms with van der Waals surface area (Å²) >= 11 is 0. The van der Waals surface area contributed by atoms with Gasteiger partial charge in [-0.25, -0.2) is 0 Å². The first-order chi connectivity index (χ1) is 8.58. The standard InChI is InChI=1S/C13H20N4O/c1-9-8-17(2)6-4-12(9)16-13(18)10-3-5-15-7-11(10)14/h3,5,7,9,12H,4,6,8,14H2,1-2H3,(H,16,18). The Bertz CT molecular complexity index is 435. The normalized spacial score (nSPS) is 24.8. The Hall–Kier alpha value is -1.62. The van der Waals surface area contributed by atoms with Crippen molar-refractivity contribution in [3.05, 3.63) is 24.0 Å². The number of nitrogens with two attached hydrogens (primary N) is 1. The van der Waals surface area contributed by atoms with Crippen LogP contribution in [-0.4, -0.2) is 42.0 Å². The van der Waals surface area contributed by atoms with Gasteiger partial charge in [0.2, 0.25) is 0 Å². The van der Waals surface area contributed by atoms with Gasteiger partial charge in [0.25, 0.3) is 5.91 Å². The zero-order valence-corrected chi connectivity index (χ0v) is 10.9. The molecule has 98 valence electrons. The second-order valence-electron chi connectivity index (χ2n) is 5.07. The van der Waals surface area contributed by atoms with E-state index in [9.17, 15) is 4.79 Å². The molecule has 3 N–H and O–H groups in total. The summed E-state index contributed by atoms with van der Waals surface area (Å²) in [5.41, 5.74) is 6.69. The van der Waals surface area contributed by atoms with Crippen LogP contribution < -0.4 is 11.1 Å². The van der Waals surface area contributed by atoms with Crippen LogP contribution in [0.4, 0.5) is 5.69 Å². The Labute approximate surface area is 107 Å². The number of likely N-dealkylation sites (tertiary alicyclic amines) is 1. The van der Waals surface area contributed by atoms with Crippen molar-refractivity contribution in [2.24, 2.45) is 5.92 Å². The molecule has 2 atom stereocenters. The van der Waals surface area contributed by atoms with Crippen molar-refractivity contribution in [1.29, 1.82) is 0 Å². The molecule has 1 aliphatic heterocycles. The maximum absolute atomic E-state index is 12.1. The van der Waals surface area contributed by atoms with Crippen molar-refractivity contribution in [3.63, 3.8) is 0 Å². The number of amides is 1. The fourth-order valence-corrected chi connectivity index (χ4v) is 2.43. The molecule has 2 heterocycles. The van der Waals surface area contributed by atoms with Crippen LogP contribution in [0, 0.1) is 5.92 Å². The molecule has 0 aromatic carbocycles. The van der Waals surface area contributed by atoms with Gasteiger partial charge in [-0.3, -0.25) is 9.78 Å². The quantitative estimate of drug-likeness (QED) is 0.809. The van der Waals surface area contributed by atoms with E-state index < -0.39 is 0 Å². The van der Waals surface area contributed by atoms with Crippen LogP contribution in [0.25, 0.3) is 0 Å². The van der Waals surface area contributed by atoms with Gasteiger partial charge < -0.3 is 16.0 Å². The average molecular weight is 248 g/mol. The first-order valence-electron chi connectivity index (χ1n) is 6.27. The van der Waals surface area contributed by atoms with E-state index in [2.05, 4.69) is 29.2 Å². The molecule has 0 bridgehead atoms. The molecule has 1 amide bonds. The number of nitrogen functional groups attached to an aromatic ring is 1. The number of piperidine rings is 1. The second kappa shape index (κ2) is 5.35. The monoisotopic (exact) mass is 248 g/mol. The number of nitrogens with one attached hydrogen (secondary N) is 1. The topological polar surface area (TPSA) is 71.2 Å². The minimum absolute atomic E-state index is 0.101. The number of carbonyl (C=O) groups is 1. The Morgan fingerprint density at radius 1 is 1.61 bits per heavy atom. The fraction of sp³-hybridized carbons (Fsp3) is 0.538. The van der Waals surface area contributed by atoms with Gasteiger partial charge in [0.15, 0.2) is 0 Å². The van der Waals surface area contributed by atoms with Gasteiger partial charge in [-0.15, -0.1) is 0 Å². The number of rotatable bonds is 2. The van der Waals surface area contributed by atoms with E-state index in [1.807, 2.05) is 0 Å². The summed E-state index contributed by atoms with van der Waals surface area (Å²) in [4.78, 5) is 18.3. The van der Waals surface area contributed by atoms with Gasteiger partial charge in [0.05, 0.1) is 17.4 Å². The summed E-state index contributed by atoms with van der Waals surface area (Å²) in [5.74, 6) is 0.354. The van der Waals surface area contributed by atoms with Gasteiger partial charge in [-0.1, -0.05) is 6.92 Å². The van der Waals surface area contributed by atoms with E-state index in [1.165, 1.54) is 6.20 Å². The van der Waals surface area contributed by atoms with E-state index in [1.54, 1.807) is 12.3 Å². The number of nitrogens with zero attached hydrogens (tertiary/aromatic N) is 2. The van der Waals surface area contributed by atoms with Crippen molar-refractivity contribution in [2.75, 3.05) is 25.9 Å². The van der Waals surface area contributed by atoms with Crippen molar-refractivity contribution in [2.45, 2.75) is 19.4 Å².